The molecule has 3 N–H and O–H groups in total. The Morgan fingerprint density at radius 3 is 2.95 bits per heavy atom. The van der Waals surface area contributed by atoms with Crippen LogP contribution in [0.1, 0.15) is 33.6 Å². The summed E-state index contributed by atoms with van der Waals surface area (Å²) in [6.45, 7) is 7.46. The summed E-state index contributed by atoms with van der Waals surface area (Å²) >= 11 is 0. The van der Waals surface area contributed by atoms with Crippen molar-refractivity contribution in [3.05, 3.63) is 18.3 Å². The number of amides is 1. The molecule has 0 aromatic carbocycles. The monoisotopic (exact) mass is 291 g/mol. The maximum atomic E-state index is 12.1. The van der Waals surface area contributed by atoms with Crippen LogP contribution in [-0.2, 0) is 4.79 Å². The minimum atomic E-state index is -0.496. The summed E-state index contributed by atoms with van der Waals surface area (Å²) < 4.78 is 0. The van der Waals surface area contributed by atoms with Gasteiger partial charge in [0.05, 0.1) is 6.04 Å². The highest BCUT2D eigenvalue weighted by Gasteiger charge is 2.30. The number of hydrogen-bond acceptors (Lipinski definition) is 5. The summed E-state index contributed by atoms with van der Waals surface area (Å²) in [6, 6.07) is 3.60. The fourth-order valence-electron chi connectivity index (χ4n) is 2.52. The third-order valence-electron chi connectivity index (χ3n) is 3.96. The molecule has 6 nitrogen and oxygen atoms in total. The molecule has 0 aliphatic carbocycles. The van der Waals surface area contributed by atoms with Gasteiger partial charge >= 0.3 is 0 Å². The SMILES string of the molecule is CC(C)(C)[C@H](N)C(=O)NCC1CCCN1c1cccnn1. The zero-order chi connectivity index (χ0) is 15.5. The average molecular weight is 291 g/mol. The van der Waals surface area contributed by atoms with Gasteiger partial charge in [-0.05, 0) is 30.4 Å². The van der Waals surface area contributed by atoms with Crippen molar-refractivity contribution in [3.63, 3.8) is 0 Å². The minimum Gasteiger partial charge on any atom is -0.353 e. The first-order valence-corrected chi connectivity index (χ1v) is 7.47. The van der Waals surface area contributed by atoms with Crippen LogP contribution >= 0.6 is 0 Å². The lowest BCUT2D eigenvalue weighted by molar-refractivity contribution is -0.124. The molecule has 0 saturated carbocycles. The van der Waals surface area contributed by atoms with Crippen molar-refractivity contribution >= 4 is 11.7 Å². The number of nitrogens with zero attached hydrogens (tertiary/aromatic N) is 3. The number of aromatic nitrogens is 2. The molecule has 1 aromatic rings. The molecule has 2 atom stereocenters. The fourth-order valence-corrected chi connectivity index (χ4v) is 2.52. The molecule has 2 rings (SSSR count). The summed E-state index contributed by atoms with van der Waals surface area (Å²) in [5.74, 6) is 0.780. The van der Waals surface area contributed by atoms with Crippen molar-refractivity contribution in [2.75, 3.05) is 18.0 Å². The molecule has 2 heterocycles. The Bertz CT molecular complexity index is 471. The Labute approximate surface area is 126 Å². The first kappa shape index (κ1) is 15.7. The summed E-state index contributed by atoms with van der Waals surface area (Å²) in [4.78, 5) is 14.3. The van der Waals surface area contributed by atoms with Crippen molar-refractivity contribution in [1.29, 1.82) is 0 Å². The Balaban J connectivity index is 1.92. The Morgan fingerprint density at radius 1 is 1.57 bits per heavy atom. The van der Waals surface area contributed by atoms with Crippen molar-refractivity contribution < 1.29 is 4.79 Å². The van der Waals surface area contributed by atoms with Crippen LogP contribution in [-0.4, -0.2) is 41.3 Å². The van der Waals surface area contributed by atoms with Crippen molar-refractivity contribution in [2.45, 2.75) is 45.7 Å². The number of nitrogens with two attached hydrogens (primary N) is 1. The quantitative estimate of drug-likeness (QED) is 0.862. The number of carbonyl (C=O) groups is 1. The normalized spacial score (nSPS) is 20.4. The second-order valence-corrected chi connectivity index (χ2v) is 6.66. The van der Waals surface area contributed by atoms with Crippen LogP contribution in [0.15, 0.2) is 18.3 Å². The molecule has 116 valence electrons. The van der Waals surface area contributed by atoms with Gasteiger partial charge in [-0.2, -0.15) is 5.10 Å². The van der Waals surface area contributed by atoms with Gasteiger partial charge in [-0.15, -0.1) is 5.10 Å². The van der Waals surface area contributed by atoms with Crippen LogP contribution in [0.5, 0.6) is 0 Å². The number of rotatable bonds is 4. The van der Waals surface area contributed by atoms with Gasteiger partial charge in [0, 0.05) is 25.3 Å². The van der Waals surface area contributed by atoms with Crippen LogP contribution in [0, 0.1) is 5.41 Å². The molecule has 21 heavy (non-hydrogen) atoms. The highest BCUT2D eigenvalue weighted by molar-refractivity contribution is 5.82. The molecule has 6 heteroatoms. The third-order valence-corrected chi connectivity index (χ3v) is 3.96. The molecule has 1 aliphatic rings. The smallest absolute Gasteiger partial charge is 0.237 e. The van der Waals surface area contributed by atoms with E-state index in [1.165, 1.54) is 0 Å². The summed E-state index contributed by atoms with van der Waals surface area (Å²) in [7, 11) is 0. The number of anilines is 1. The van der Waals surface area contributed by atoms with Crippen LogP contribution in [0.2, 0.25) is 0 Å². The van der Waals surface area contributed by atoms with Gasteiger partial charge in [-0.25, -0.2) is 0 Å². The number of nitrogens with one attached hydrogen (secondary N) is 1. The minimum absolute atomic E-state index is 0.0894. The molecule has 1 amide bonds. The van der Waals surface area contributed by atoms with Gasteiger partial charge in [0.15, 0.2) is 5.82 Å². The second kappa shape index (κ2) is 6.39. The maximum absolute atomic E-state index is 12.1. The summed E-state index contributed by atoms with van der Waals surface area (Å²) in [6.07, 6.45) is 3.81. The molecule has 1 fully saturated rings. The Morgan fingerprint density at radius 2 is 2.33 bits per heavy atom. The third kappa shape index (κ3) is 3.91. The van der Waals surface area contributed by atoms with E-state index in [1.807, 2.05) is 32.9 Å². The molecular formula is C15H25N5O. The van der Waals surface area contributed by atoms with E-state index in [1.54, 1.807) is 6.20 Å². The topological polar surface area (TPSA) is 84.1 Å². The maximum Gasteiger partial charge on any atom is 0.237 e. The standard InChI is InChI=1S/C15H25N5O/c1-15(2,3)13(16)14(21)17-10-11-6-5-9-20(11)12-7-4-8-18-19-12/h4,7-8,11,13H,5-6,9-10,16H2,1-3H3,(H,17,21)/t11?,13-/m1/s1. The van der Waals surface area contributed by atoms with Crippen LogP contribution < -0.4 is 16.0 Å². The van der Waals surface area contributed by atoms with E-state index in [0.29, 0.717) is 6.54 Å². The zero-order valence-electron chi connectivity index (χ0n) is 13.0. The second-order valence-electron chi connectivity index (χ2n) is 6.66. The van der Waals surface area contributed by atoms with Crippen molar-refractivity contribution in [2.24, 2.45) is 11.1 Å². The molecule has 0 spiro atoms. The Hall–Kier alpha value is -1.69. The van der Waals surface area contributed by atoms with Crippen molar-refractivity contribution in [3.8, 4) is 0 Å². The summed E-state index contributed by atoms with van der Waals surface area (Å²) in [5, 5.41) is 11.0. The lowest BCUT2D eigenvalue weighted by Gasteiger charge is -2.29. The molecule has 1 saturated heterocycles. The first-order valence-electron chi connectivity index (χ1n) is 7.47. The molecule has 1 unspecified atom stereocenters. The molecule has 1 aliphatic heterocycles. The van der Waals surface area contributed by atoms with Crippen LogP contribution in [0.3, 0.4) is 0 Å². The number of carbonyl (C=O) groups excluding carboxylic acids is 1. The molecular weight excluding hydrogens is 266 g/mol. The highest BCUT2D eigenvalue weighted by atomic mass is 16.2. The highest BCUT2D eigenvalue weighted by Crippen LogP contribution is 2.23. The largest absolute Gasteiger partial charge is 0.353 e. The predicted molar refractivity (Wildman–Crippen MR) is 82.8 cm³/mol. The van der Waals surface area contributed by atoms with Crippen molar-refractivity contribution in [1.82, 2.24) is 15.5 Å². The average Bonchev–Trinajstić information content (AvgIpc) is 2.92. The van der Waals surface area contributed by atoms with E-state index in [0.717, 1.165) is 25.2 Å². The summed E-state index contributed by atoms with van der Waals surface area (Å²) in [5.41, 5.74) is 5.74. The van der Waals surface area contributed by atoms with Gasteiger partial charge in [0.25, 0.3) is 0 Å². The van der Waals surface area contributed by atoms with Gasteiger partial charge in [0.1, 0.15) is 0 Å². The molecule has 0 radical (unpaired) electrons. The van der Waals surface area contributed by atoms with E-state index in [2.05, 4.69) is 20.4 Å². The lowest BCUT2D eigenvalue weighted by Crippen LogP contribution is -2.51. The van der Waals surface area contributed by atoms with Crippen LogP contribution in [0.4, 0.5) is 5.82 Å². The fraction of sp³-hybridized carbons (Fsp3) is 0.667. The van der Waals surface area contributed by atoms with Gasteiger partial charge in [-0.3, -0.25) is 4.79 Å². The van der Waals surface area contributed by atoms with E-state index in [9.17, 15) is 4.79 Å². The molecule has 1 aromatic heterocycles. The number of hydrogen-bond donors (Lipinski definition) is 2. The van der Waals surface area contributed by atoms with Gasteiger partial charge in [0.2, 0.25) is 5.91 Å². The van der Waals surface area contributed by atoms with Crippen LogP contribution in [0.25, 0.3) is 0 Å². The van der Waals surface area contributed by atoms with Gasteiger partial charge in [-0.1, -0.05) is 20.8 Å². The van der Waals surface area contributed by atoms with E-state index < -0.39 is 6.04 Å². The van der Waals surface area contributed by atoms with E-state index in [-0.39, 0.29) is 17.4 Å². The predicted octanol–water partition coefficient (Wildman–Crippen LogP) is 0.935. The lowest BCUT2D eigenvalue weighted by atomic mass is 9.87. The van der Waals surface area contributed by atoms with Gasteiger partial charge < -0.3 is 16.0 Å². The first-order chi connectivity index (χ1) is 9.89. The van der Waals surface area contributed by atoms with E-state index >= 15 is 0 Å². The Kier molecular flexibility index (Phi) is 4.77. The zero-order valence-corrected chi connectivity index (χ0v) is 13.0. The van der Waals surface area contributed by atoms with E-state index in [4.69, 9.17) is 5.73 Å². The molecule has 0 bridgehead atoms.